The molecule has 0 aliphatic carbocycles. The van der Waals surface area contributed by atoms with Gasteiger partial charge in [0.1, 0.15) is 6.54 Å². The van der Waals surface area contributed by atoms with Crippen LogP contribution >= 0.6 is 22.9 Å². The fourth-order valence-electron chi connectivity index (χ4n) is 2.05. The summed E-state index contributed by atoms with van der Waals surface area (Å²) < 4.78 is 12.1. The summed E-state index contributed by atoms with van der Waals surface area (Å²) in [5, 5.41) is 0.467. The number of rotatable bonds is 3. The first-order chi connectivity index (χ1) is 11.1. The van der Waals surface area contributed by atoms with Crippen LogP contribution in [-0.2, 0) is 16.1 Å². The molecule has 23 heavy (non-hydrogen) atoms. The van der Waals surface area contributed by atoms with Crippen LogP contribution in [0.4, 0.5) is 0 Å². The second kappa shape index (κ2) is 6.39. The van der Waals surface area contributed by atoms with Crippen LogP contribution in [0.2, 0.25) is 5.02 Å². The molecule has 0 N–H and O–H groups in total. The quantitative estimate of drug-likeness (QED) is 0.681. The number of carbonyl (C=O) groups is 2. The minimum atomic E-state index is -0.531. The highest BCUT2D eigenvalue weighted by Crippen LogP contribution is 2.25. The van der Waals surface area contributed by atoms with Crippen LogP contribution in [0.3, 0.4) is 0 Å². The van der Waals surface area contributed by atoms with Crippen molar-refractivity contribution < 1.29 is 18.7 Å². The van der Waals surface area contributed by atoms with Gasteiger partial charge in [-0.05, 0) is 24.3 Å². The maximum absolute atomic E-state index is 12.1. The van der Waals surface area contributed by atoms with Crippen molar-refractivity contribution in [2.45, 2.75) is 6.54 Å². The number of nitrogens with zero attached hydrogens (tertiary/aromatic N) is 2. The standard InChI is InChI=1S/C15H11ClN2O4S/c1-21-12(19)8-18-13-9(16)4-2-6-11(13)23-15(18)17-14(20)10-5-3-7-22-10/h2-7H,8H2,1H3. The molecule has 2 heterocycles. The third-order valence-corrected chi connectivity index (χ3v) is 4.44. The van der Waals surface area contributed by atoms with Crippen LogP contribution in [0.25, 0.3) is 10.2 Å². The van der Waals surface area contributed by atoms with E-state index in [9.17, 15) is 9.59 Å². The molecule has 0 saturated carbocycles. The first kappa shape index (κ1) is 15.5. The van der Waals surface area contributed by atoms with Gasteiger partial charge in [0, 0.05) is 0 Å². The molecule has 0 fully saturated rings. The number of hydrogen-bond acceptors (Lipinski definition) is 5. The zero-order valence-corrected chi connectivity index (χ0v) is 13.6. The van der Waals surface area contributed by atoms with Crippen molar-refractivity contribution in [2.75, 3.05) is 7.11 Å². The Morgan fingerprint density at radius 2 is 2.17 bits per heavy atom. The zero-order chi connectivity index (χ0) is 16.4. The van der Waals surface area contributed by atoms with Gasteiger partial charge in [-0.1, -0.05) is 29.0 Å². The second-order valence-electron chi connectivity index (χ2n) is 4.53. The van der Waals surface area contributed by atoms with Gasteiger partial charge >= 0.3 is 11.9 Å². The molecule has 8 heteroatoms. The summed E-state index contributed by atoms with van der Waals surface area (Å²) >= 11 is 7.48. The Balaban J connectivity index is 2.19. The van der Waals surface area contributed by atoms with Gasteiger partial charge in [0.05, 0.1) is 28.6 Å². The average Bonchev–Trinajstić information content (AvgIpc) is 3.16. The summed E-state index contributed by atoms with van der Waals surface area (Å²) in [4.78, 5) is 28.2. The maximum atomic E-state index is 12.1. The van der Waals surface area contributed by atoms with E-state index in [1.54, 1.807) is 22.8 Å². The Labute approximate surface area is 139 Å². The van der Waals surface area contributed by atoms with Crippen molar-refractivity contribution in [3.63, 3.8) is 0 Å². The van der Waals surface area contributed by atoms with E-state index in [1.165, 1.54) is 30.8 Å². The topological polar surface area (TPSA) is 73.8 Å². The number of furan rings is 1. The number of fused-ring (bicyclic) bond motifs is 1. The van der Waals surface area contributed by atoms with E-state index in [-0.39, 0.29) is 12.3 Å². The Morgan fingerprint density at radius 1 is 1.35 bits per heavy atom. The van der Waals surface area contributed by atoms with Gasteiger partial charge in [0.2, 0.25) is 0 Å². The summed E-state index contributed by atoms with van der Waals surface area (Å²) in [5.41, 5.74) is 0.635. The predicted octanol–water partition coefficient (Wildman–Crippen LogP) is 2.86. The molecule has 0 bridgehead atoms. The molecule has 0 unspecified atom stereocenters. The Morgan fingerprint density at radius 3 is 2.87 bits per heavy atom. The van der Waals surface area contributed by atoms with Crippen LogP contribution in [0, 0.1) is 0 Å². The van der Waals surface area contributed by atoms with Gasteiger partial charge in [-0.2, -0.15) is 4.99 Å². The molecule has 0 radical (unpaired) electrons. The third-order valence-electron chi connectivity index (χ3n) is 3.10. The first-order valence-corrected chi connectivity index (χ1v) is 7.77. The van der Waals surface area contributed by atoms with Gasteiger partial charge < -0.3 is 13.7 Å². The second-order valence-corrected chi connectivity index (χ2v) is 5.94. The van der Waals surface area contributed by atoms with E-state index in [1.807, 2.05) is 6.07 Å². The maximum Gasteiger partial charge on any atom is 0.325 e. The number of methoxy groups -OCH3 is 1. The molecule has 3 aromatic rings. The van der Waals surface area contributed by atoms with E-state index in [0.29, 0.717) is 15.3 Å². The fraction of sp³-hybridized carbons (Fsp3) is 0.133. The molecule has 0 aliphatic heterocycles. The minimum Gasteiger partial charge on any atom is -0.468 e. The number of ether oxygens (including phenoxy) is 1. The molecule has 0 saturated heterocycles. The van der Waals surface area contributed by atoms with Gasteiger partial charge in [-0.3, -0.25) is 9.59 Å². The van der Waals surface area contributed by atoms with Crippen molar-refractivity contribution in [1.82, 2.24) is 4.57 Å². The van der Waals surface area contributed by atoms with Gasteiger partial charge in [-0.15, -0.1) is 0 Å². The molecule has 0 spiro atoms. The van der Waals surface area contributed by atoms with E-state index < -0.39 is 11.9 Å². The predicted molar refractivity (Wildman–Crippen MR) is 85.4 cm³/mol. The van der Waals surface area contributed by atoms with Crippen LogP contribution in [0.1, 0.15) is 10.6 Å². The molecule has 1 amide bonds. The summed E-state index contributed by atoms with van der Waals surface area (Å²) in [5.74, 6) is -0.869. The van der Waals surface area contributed by atoms with E-state index >= 15 is 0 Å². The molecule has 0 aliphatic rings. The third kappa shape index (κ3) is 3.06. The monoisotopic (exact) mass is 350 g/mol. The largest absolute Gasteiger partial charge is 0.468 e. The van der Waals surface area contributed by atoms with Gasteiger partial charge in [0.15, 0.2) is 10.6 Å². The molecule has 0 atom stereocenters. The first-order valence-electron chi connectivity index (χ1n) is 6.57. The SMILES string of the molecule is COC(=O)Cn1c(=NC(=O)c2ccco2)sc2cccc(Cl)c21. The number of halogens is 1. The Kier molecular flexibility index (Phi) is 4.31. The number of benzene rings is 1. The Bertz CT molecular complexity index is 940. The average molecular weight is 351 g/mol. The summed E-state index contributed by atoms with van der Waals surface area (Å²) in [6.45, 7) is -0.0928. The van der Waals surface area contributed by atoms with Crippen LogP contribution in [0.15, 0.2) is 46.0 Å². The van der Waals surface area contributed by atoms with Crippen molar-refractivity contribution in [3.05, 3.63) is 52.2 Å². The van der Waals surface area contributed by atoms with Crippen molar-refractivity contribution in [3.8, 4) is 0 Å². The number of para-hydroxylation sites is 1. The Hall–Kier alpha value is -2.38. The van der Waals surface area contributed by atoms with Gasteiger partial charge in [-0.25, -0.2) is 0 Å². The number of hydrogen-bond donors (Lipinski definition) is 0. The number of aromatic nitrogens is 1. The fourth-order valence-corrected chi connectivity index (χ4v) is 3.44. The number of esters is 1. The van der Waals surface area contributed by atoms with Crippen molar-refractivity contribution >= 4 is 45.0 Å². The van der Waals surface area contributed by atoms with Crippen LogP contribution < -0.4 is 4.80 Å². The highest BCUT2D eigenvalue weighted by atomic mass is 35.5. The summed E-state index contributed by atoms with van der Waals surface area (Å²) in [6, 6.07) is 8.48. The molecule has 3 rings (SSSR count). The normalized spacial score (nSPS) is 11.8. The molecule has 1 aromatic carbocycles. The van der Waals surface area contributed by atoms with Crippen LogP contribution in [-0.4, -0.2) is 23.6 Å². The molecular weight excluding hydrogens is 340 g/mol. The van der Waals surface area contributed by atoms with E-state index in [4.69, 9.17) is 20.8 Å². The van der Waals surface area contributed by atoms with Crippen LogP contribution in [0.5, 0.6) is 0 Å². The lowest BCUT2D eigenvalue weighted by atomic mass is 10.3. The minimum absolute atomic E-state index is 0.0928. The smallest absolute Gasteiger partial charge is 0.325 e. The number of amides is 1. The number of carbonyl (C=O) groups excluding carboxylic acids is 2. The molecule has 118 valence electrons. The van der Waals surface area contributed by atoms with Crippen molar-refractivity contribution in [2.24, 2.45) is 4.99 Å². The summed E-state index contributed by atoms with van der Waals surface area (Å²) in [6.07, 6.45) is 1.40. The van der Waals surface area contributed by atoms with Crippen molar-refractivity contribution in [1.29, 1.82) is 0 Å². The lowest BCUT2D eigenvalue weighted by Crippen LogP contribution is -2.22. The molecule has 2 aromatic heterocycles. The highest BCUT2D eigenvalue weighted by Gasteiger charge is 2.15. The number of thiazole rings is 1. The van der Waals surface area contributed by atoms with E-state index in [0.717, 1.165) is 4.70 Å². The molecular formula is C15H11ClN2O4S. The van der Waals surface area contributed by atoms with Gasteiger partial charge in [0.25, 0.3) is 0 Å². The zero-order valence-electron chi connectivity index (χ0n) is 12.0. The van der Waals surface area contributed by atoms with E-state index in [2.05, 4.69) is 4.99 Å². The molecule has 6 nitrogen and oxygen atoms in total. The highest BCUT2D eigenvalue weighted by molar-refractivity contribution is 7.16. The summed E-state index contributed by atoms with van der Waals surface area (Å²) in [7, 11) is 1.30. The lowest BCUT2D eigenvalue weighted by molar-refractivity contribution is -0.141. The lowest BCUT2D eigenvalue weighted by Gasteiger charge is -2.04.